The summed E-state index contributed by atoms with van der Waals surface area (Å²) in [5.74, 6) is -0.791. The molecule has 1 saturated heterocycles. The van der Waals surface area contributed by atoms with E-state index < -0.39 is 12.0 Å². The Balaban J connectivity index is 2.11. The van der Waals surface area contributed by atoms with E-state index in [1.165, 1.54) is 12.3 Å². The summed E-state index contributed by atoms with van der Waals surface area (Å²) in [6, 6.07) is 1.43. The van der Waals surface area contributed by atoms with Crippen LogP contribution < -0.4 is 5.73 Å². The monoisotopic (exact) mass is 223 g/mol. The number of primary amides is 1. The Labute approximate surface area is 92.0 Å². The SMILES string of the molecule is NC(=O)c1c[nH]c(C(=O)N2CC[C@@H](O)C2)c1. The van der Waals surface area contributed by atoms with E-state index in [1.807, 2.05) is 0 Å². The number of H-pyrrole nitrogens is 1. The Morgan fingerprint density at radius 2 is 2.31 bits per heavy atom. The molecule has 2 amide bonds. The van der Waals surface area contributed by atoms with Crippen molar-refractivity contribution in [2.24, 2.45) is 5.73 Å². The molecule has 2 heterocycles. The number of aliphatic hydroxyl groups excluding tert-OH is 1. The highest BCUT2D eigenvalue weighted by Gasteiger charge is 2.26. The molecule has 0 aromatic carbocycles. The molecule has 6 heteroatoms. The molecule has 0 radical (unpaired) electrons. The van der Waals surface area contributed by atoms with E-state index in [4.69, 9.17) is 5.73 Å². The molecule has 1 aromatic rings. The van der Waals surface area contributed by atoms with E-state index >= 15 is 0 Å². The number of hydrogen-bond acceptors (Lipinski definition) is 3. The third-order valence-electron chi connectivity index (χ3n) is 2.65. The van der Waals surface area contributed by atoms with Crippen LogP contribution in [-0.4, -0.2) is 46.0 Å². The van der Waals surface area contributed by atoms with E-state index in [9.17, 15) is 14.7 Å². The highest BCUT2D eigenvalue weighted by atomic mass is 16.3. The fraction of sp³-hybridized carbons (Fsp3) is 0.400. The van der Waals surface area contributed by atoms with Gasteiger partial charge in [-0.3, -0.25) is 9.59 Å². The number of aromatic amines is 1. The van der Waals surface area contributed by atoms with Crippen LogP contribution in [0.25, 0.3) is 0 Å². The van der Waals surface area contributed by atoms with Crippen molar-refractivity contribution in [1.82, 2.24) is 9.88 Å². The highest BCUT2D eigenvalue weighted by Crippen LogP contribution is 2.13. The number of nitrogens with one attached hydrogen (secondary N) is 1. The van der Waals surface area contributed by atoms with Crippen LogP contribution in [0.1, 0.15) is 27.3 Å². The standard InChI is InChI=1S/C10H13N3O3/c11-9(15)6-3-8(12-4-6)10(16)13-2-1-7(14)5-13/h3-4,7,12,14H,1-2,5H2,(H2,11,15)/t7-/m1/s1. The van der Waals surface area contributed by atoms with Gasteiger partial charge in [-0.1, -0.05) is 0 Å². The van der Waals surface area contributed by atoms with Crippen molar-refractivity contribution in [3.05, 3.63) is 23.5 Å². The molecular weight excluding hydrogens is 210 g/mol. The van der Waals surface area contributed by atoms with Gasteiger partial charge in [-0.25, -0.2) is 0 Å². The average Bonchev–Trinajstić information content (AvgIpc) is 2.84. The number of nitrogens with two attached hydrogens (primary N) is 1. The van der Waals surface area contributed by atoms with Gasteiger partial charge in [0, 0.05) is 19.3 Å². The number of carbonyl (C=O) groups is 2. The molecule has 0 bridgehead atoms. The van der Waals surface area contributed by atoms with Crippen LogP contribution >= 0.6 is 0 Å². The smallest absolute Gasteiger partial charge is 0.270 e. The minimum atomic E-state index is -0.572. The second-order valence-electron chi connectivity index (χ2n) is 3.86. The molecule has 1 aliphatic heterocycles. The van der Waals surface area contributed by atoms with Gasteiger partial charge >= 0.3 is 0 Å². The molecule has 86 valence electrons. The molecule has 2 rings (SSSR count). The number of β-amino-alcohol motifs (C(OH)–C–C–N with tert-alkyl or cyclic N) is 1. The molecule has 1 fully saturated rings. The second kappa shape index (κ2) is 3.97. The van der Waals surface area contributed by atoms with Crippen molar-refractivity contribution in [1.29, 1.82) is 0 Å². The molecule has 6 nitrogen and oxygen atoms in total. The first-order valence-corrected chi connectivity index (χ1v) is 5.03. The van der Waals surface area contributed by atoms with Gasteiger partial charge in [0.2, 0.25) is 5.91 Å². The largest absolute Gasteiger partial charge is 0.391 e. The van der Waals surface area contributed by atoms with E-state index in [1.54, 1.807) is 4.90 Å². The van der Waals surface area contributed by atoms with Crippen molar-refractivity contribution >= 4 is 11.8 Å². The summed E-state index contributed by atoms with van der Waals surface area (Å²) in [5.41, 5.74) is 5.68. The summed E-state index contributed by atoms with van der Waals surface area (Å²) in [5, 5.41) is 9.31. The first-order valence-electron chi connectivity index (χ1n) is 5.03. The lowest BCUT2D eigenvalue weighted by atomic mass is 10.3. The van der Waals surface area contributed by atoms with Gasteiger partial charge < -0.3 is 20.7 Å². The number of likely N-dealkylation sites (tertiary alicyclic amines) is 1. The van der Waals surface area contributed by atoms with Crippen molar-refractivity contribution in [2.45, 2.75) is 12.5 Å². The molecule has 16 heavy (non-hydrogen) atoms. The summed E-state index contributed by atoms with van der Waals surface area (Å²) >= 11 is 0. The Kier molecular flexibility index (Phi) is 2.66. The summed E-state index contributed by atoms with van der Waals surface area (Å²) in [6.45, 7) is 0.870. The summed E-state index contributed by atoms with van der Waals surface area (Å²) < 4.78 is 0. The fourth-order valence-corrected chi connectivity index (χ4v) is 1.76. The molecule has 1 atom stereocenters. The van der Waals surface area contributed by atoms with Gasteiger partial charge in [0.05, 0.1) is 11.7 Å². The molecule has 0 aliphatic carbocycles. The second-order valence-corrected chi connectivity index (χ2v) is 3.86. The van der Waals surface area contributed by atoms with Crippen LogP contribution in [-0.2, 0) is 0 Å². The zero-order valence-electron chi connectivity index (χ0n) is 8.64. The van der Waals surface area contributed by atoms with Crippen LogP contribution in [0.2, 0.25) is 0 Å². The summed E-state index contributed by atoms with van der Waals surface area (Å²) in [6.07, 6.45) is 1.55. The zero-order chi connectivity index (χ0) is 11.7. The number of nitrogens with zero attached hydrogens (tertiary/aromatic N) is 1. The van der Waals surface area contributed by atoms with Crippen molar-refractivity contribution < 1.29 is 14.7 Å². The zero-order valence-corrected chi connectivity index (χ0v) is 8.64. The maximum absolute atomic E-state index is 11.9. The van der Waals surface area contributed by atoms with Crippen LogP contribution in [0.3, 0.4) is 0 Å². The lowest BCUT2D eigenvalue weighted by Crippen LogP contribution is -2.29. The minimum Gasteiger partial charge on any atom is -0.391 e. The molecule has 0 saturated carbocycles. The average molecular weight is 223 g/mol. The Hall–Kier alpha value is -1.82. The van der Waals surface area contributed by atoms with Gasteiger partial charge in [0.25, 0.3) is 5.91 Å². The maximum Gasteiger partial charge on any atom is 0.270 e. The van der Waals surface area contributed by atoms with Crippen molar-refractivity contribution in [3.8, 4) is 0 Å². The first-order chi connectivity index (χ1) is 7.58. The Morgan fingerprint density at radius 3 is 2.81 bits per heavy atom. The number of aliphatic hydroxyl groups is 1. The molecular formula is C10H13N3O3. The Bertz CT molecular complexity index is 427. The first kappa shape index (κ1) is 10.7. The third kappa shape index (κ3) is 1.92. The van der Waals surface area contributed by atoms with Crippen LogP contribution in [0.5, 0.6) is 0 Å². The van der Waals surface area contributed by atoms with Gasteiger partial charge in [0.1, 0.15) is 5.69 Å². The number of carbonyl (C=O) groups excluding carboxylic acids is 2. The van der Waals surface area contributed by atoms with E-state index in [0.717, 1.165) is 0 Å². The molecule has 0 unspecified atom stereocenters. The van der Waals surface area contributed by atoms with Gasteiger partial charge in [-0.2, -0.15) is 0 Å². The van der Waals surface area contributed by atoms with E-state index in [0.29, 0.717) is 25.2 Å². The quantitative estimate of drug-likeness (QED) is 0.619. The predicted octanol–water partition coefficient (Wildman–Crippen LogP) is -0.680. The molecule has 0 spiro atoms. The van der Waals surface area contributed by atoms with Crippen molar-refractivity contribution in [3.63, 3.8) is 0 Å². The normalized spacial score (nSPS) is 20.1. The van der Waals surface area contributed by atoms with Gasteiger partial charge in [-0.15, -0.1) is 0 Å². The summed E-state index contributed by atoms with van der Waals surface area (Å²) in [7, 11) is 0. The highest BCUT2D eigenvalue weighted by molar-refractivity contribution is 5.98. The van der Waals surface area contributed by atoms with E-state index in [-0.39, 0.29) is 11.5 Å². The molecule has 1 aliphatic rings. The van der Waals surface area contributed by atoms with E-state index in [2.05, 4.69) is 4.98 Å². The lowest BCUT2D eigenvalue weighted by molar-refractivity contribution is 0.0760. The Morgan fingerprint density at radius 1 is 1.56 bits per heavy atom. The molecule has 1 aromatic heterocycles. The fourth-order valence-electron chi connectivity index (χ4n) is 1.76. The number of hydrogen-bond donors (Lipinski definition) is 3. The van der Waals surface area contributed by atoms with Crippen molar-refractivity contribution in [2.75, 3.05) is 13.1 Å². The number of rotatable bonds is 2. The lowest BCUT2D eigenvalue weighted by Gasteiger charge is -2.13. The summed E-state index contributed by atoms with van der Waals surface area (Å²) in [4.78, 5) is 27.0. The third-order valence-corrected chi connectivity index (χ3v) is 2.65. The van der Waals surface area contributed by atoms with Gasteiger partial charge in [-0.05, 0) is 12.5 Å². The predicted molar refractivity (Wildman–Crippen MR) is 55.8 cm³/mol. The number of aromatic nitrogens is 1. The minimum absolute atomic E-state index is 0.218. The van der Waals surface area contributed by atoms with Crippen LogP contribution in [0.15, 0.2) is 12.3 Å². The molecule has 4 N–H and O–H groups in total. The number of amides is 2. The maximum atomic E-state index is 11.9. The topological polar surface area (TPSA) is 99.4 Å². The van der Waals surface area contributed by atoms with Crippen LogP contribution in [0, 0.1) is 0 Å². The van der Waals surface area contributed by atoms with Gasteiger partial charge in [0.15, 0.2) is 0 Å². The van der Waals surface area contributed by atoms with Crippen LogP contribution in [0.4, 0.5) is 0 Å².